The second-order valence-corrected chi connectivity index (χ2v) is 7.38. The van der Waals surface area contributed by atoms with Crippen LogP contribution < -0.4 is 4.90 Å². The zero-order valence-electron chi connectivity index (χ0n) is 16.6. The van der Waals surface area contributed by atoms with Crippen molar-refractivity contribution in [1.82, 2.24) is 0 Å². The molecule has 1 aliphatic heterocycles. The third-order valence-electron chi connectivity index (χ3n) is 5.42. The lowest BCUT2D eigenvalue weighted by Gasteiger charge is -2.30. The fourth-order valence-corrected chi connectivity index (χ4v) is 3.66. The maximum Gasteiger partial charge on any atom is 0.150 e. The summed E-state index contributed by atoms with van der Waals surface area (Å²) in [5, 5.41) is 0. The SMILES string of the molecule is C#Cc1cccc(C2=CC(=C)N(C)c3ccc(C(F)c4ccc(C)cc4)cc32)c1. The van der Waals surface area contributed by atoms with Gasteiger partial charge in [0, 0.05) is 29.6 Å². The van der Waals surface area contributed by atoms with Gasteiger partial charge in [0.15, 0.2) is 6.17 Å². The summed E-state index contributed by atoms with van der Waals surface area (Å²) in [4.78, 5) is 2.02. The molecule has 1 nitrogen and oxygen atoms in total. The molecule has 0 aliphatic carbocycles. The monoisotopic (exact) mass is 379 g/mol. The number of anilines is 1. The minimum atomic E-state index is -1.19. The molecule has 0 fully saturated rings. The van der Waals surface area contributed by atoms with Crippen molar-refractivity contribution in [1.29, 1.82) is 0 Å². The number of terminal acetylenes is 1. The first-order chi connectivity index (χ1) is 14.0. The standard InChI is InChI=1S/C27H22FN/c1-5-20-7-6-8-22(16-20)24-15-19(3)29(4)26-14-13-23(17-25(24)26)27(28)21-11-9-18(2)10-12-21/h1,6-17,27H,3H2,2,4H3. The van der Waals surface area contributed by atoms with Crippen LogP contribution in [-0.2, 0) is 0 Å². The minimum absolute atomic E-state index is 0.632. The van der Waals surface area contributed by atoms with Gasteiger partial charge >= 0.3 is 0 Å². The summed E-state index contributed by atoms with van der Waals surface area (Å²) in [6, 6.07) is 21.2. The van der Waals surface area contributed by atoms with Crippen molar-refractivity contribution < 1.29 is 4.39 Å². The Labute approximate surface area is 171 Å². The van der Waals surface area contributed by atoms with Gasteiger partial charge in [0.25, 0.3) is 0 Å². The largest absolute Gasteiger partial charge is 0.345 e. The molecule has 1 unspecified atom stereocenters. The Kier molecular flexibility index (Phi) is 4.82. The van der Waals surface area contributed by atoms with Gasteiger partial charge < -0.3 is 4.90 Å². The van der Waals surface area contributed by atoms with Gasteiger partial charge in [-0.2, -0.15) is 0 Å². The fourth-order valence-electron chi connectivity index (χ4n) is 3.66. The number of likely N-dealkylation sites (N-methyl/N-ethyl adjacent to an activating group) is 1. The number of hydrogen-bond donors (Lipinski definition) is 0. The van der Waals surface area contributed by atoms with Crippen molar-refractivity contribution in [2.45, 2.75) is 13.1 Å². The van der Waals surface area contributed by atoms with Crippen LogP contribution in [0.2, 0.25) is 0 Å². The summed E-state index contributed by atoms with van der Waals surface area (Å²) in [5.41, 5.74) is 8.06. The van der Waals surface area contributed by atoms with Gasteiger partial charge in [-0.1, -0.05) is 60.5 Å². The number of halogens is 1. The average Bonchev–Trinajstić information content (AvgIpc) is 2.76. The molecule has 1 aliphatic rings. The molecular weight excluding hydrogens is 357 g/mol. The Hall–Kier alpha value is -3.57. The van der Waals surface area contributed by atoms with E-state index in [1.807, 2.05) is 91.7 Å². The molecule has 3 aromatic carbocycles. The molecule has 0 saturated carbocycles. The number of hydrogen-bond acceptors (Lipinski definition) is 1. The van der Waals surface area contributed by atoms with Crippen LogP contribution in [0.4, 0.5) is 10.1 Å². The molecule has 0 amide bonds. The first-order valence-corrected chi connectivity index (χ1v) is 9.54. The number of benzene rings is 3. The molecular formula is C27H22FN. The van der Waals surface area contributed by atoms with Gasteiger partial charge in [0.2, 0.25) is 0 Å². The Balaban J connectivity index is 1.82. The van der Waals surface area contributed by atoms with E-state index in [2.05, 4.69) is 12.5 Å². The summed E-state index contributed by atoms with van der Waals surface area (Å²) in [6.45, 7) is 6.16. The molecule has 2 heteroatoms. The topological polar surface area (TPSA) is 3.24 Å². The Morgan fingerprint density at radius 2 is 1.72 bits per heavy atom. The highest BCUT2D eigenvalue weighted by atomic mass is 19.1. The molecule has 1 heterocycles. The lowest BCUT2D eigenvalue weighted by Crippen LogP contribution is -2.20. The van der Waals surface area contributed by atoms with Crippen molar-refractivity contribution in [2.75, 3.05) is 11.9 Å². The van der Waals surface area contributed by atoms with Crippen LogP contribution in [0.1, 0.15) is 39.6 Å². The van der Waals surface area contributed by atoms with Gasteiger partial charge in [-0.15, -0.1) is 6.42 Å². The highest BCUT2D eigenvalue weighted by molar-refractivity contribution is 5.92. The highest BCUT2D eigenvalue weighted by Gasteiger charge is 2.23. The van der Waals surface area contributed by atoms with E-state index < -0.39 is 6.17 Å². The Bertz CT molecular complexity index is 1160. The predicted octanol–water partition coefficient (Wildman–Crippen LogP) is 6.43. The molecule has 0 saturated heterocycles. The Morgan fingerprint density at radius 1 is 1.00 bits per heavy atom. The maximum absolute atomic E-state index is 15.3. The van der Waals surface area contributed by atoms with Crippen molar-refractivity contribution in [3.63, 3.8) is 0 Å². The summed E-state index contributed by atoms with van der Waals surface area (Å²) >= 11 is 0. The van der Waals surface area contributed by atoms with E-state index in [1.54, 1.807) is 0 Å². The van der Waals surface area contributed by atoms with E-state index >= 15 is 4.39 Å². The second kappa shape index (κ2) is 7.45. The fraction of sp³-hybridized carbons (Fsp3) is 0.111. The van der Waals surface area contributed by atoms with Gasteiger partial charge in [0.05, 0.1) is 0 Å². The lowest BCUT2D eigenvalue weighted by molar-refractivity contribution is 0.402. The van der Waals surface area contributed by atoms with Gasteiger partial charge in [-0.05, 0) is 59.5 Å². The molecule has 1 atom stereocenters. The highest BCUT2D eigenvalue weighted by Crippen LogP contribution is 2.40. The zero-order chi connectivity index (χ0) is 20.5. The number of fused-ring (bicyclic) bond motifs is 1. The molecule has 3 aromatic rings. The first kappa shape index (κ1) is 18.8. The third kappa shape index (κ3) is 3.48. The second-order valence-electron chi connectivity index (χ2n) is 7.38. The van der Waals surface area contributed by atoms with E-state index in [4.69, 9.17) is 6.42 Å². The zero-order valence-corrected chi connectivity index (χ0v) is 16.6. The first-order valence-electron chi connectivity index (χ1n) is 9.54. The van der Waals surface area contributed by atoms with Crippen LogP contribution in [-0.4, -0.2) is 7.05 Å². The quantitative estimate of drug-likeness (QED) is 0.474. The molecule has 0 bridgehead atoms. The van der Waals surface area contributed by atoms with Gasteiger partial charge in [-0.25, -0.2) is 4.39 Å². The van der Waals surface area contributed by atoms with Gasteiger partial charge in [0.1, 0.15) is 0 Å². The van der Waals surface area contributed by atoms with Gasteiger partial charge in [-0.3, -0.25) is 0 Å². The van der Waals surface area contributed by atoms with Crippen LogP contribution in [0.3, 0.4) is 0 Å². The average molecular weight is 379 g/mol. The van der Waals surface area contributed by atoms with E-state index in [0.717, 1.165) is 39.2 Å². The molecule has 29 heavy (non-hydrogen) atoms. The van der Waals surface area contributed by atoms with Crippen molar-refractivity contribution >= 4 is 11.3 Å². The molecule has 0 N–H and O–H groups in total. The van der Waals surface area contributed by atoms with Crippen molar-refractivity contribution in [3.05, 3.63) is 118 Å². The predicted molar refractivity (Wildman–Crippen MR) is 120 cm³/mol. The van der Waals surface area contributed by atoms with E-state index in [1.165, 1.54) is 0 Å². The summed E-state index contributed by atoms with van der Waals surface area (Å²) in [5.74, 6) is 2.69. The molecule has 0 aromatic heterocycles. The summed E-state index contributed by atoms with van der Waals surface area (Å²) in [7, 11) is 1.97. The number of nitrogens with zero attached hydrogens (tertiary/aromatic N) is 1. The van der Waals surface area contributed by atoms with E-state index in [0.29, 0.717) is 11.1 Å². The van der Waals surface area contributed by atoms with Crippen LogP contribution in [0, 0.1) is 19.3 Å². The molecule has 0 radical (unpaired) electrons. The smallest absolute Gasteiger partial charge is 0.150 e. The third-order valence-corrected chi connectivity index (χ3v) is 5.42. The molecule has 142 valence electrons. The summed E-state index contributed by atoms with van der Waals surface area (Å²) in [6.07, 6.45) is 6.43. The maximum atomic E-state index is 15.3. The van der Waals surface area contributed by atoms with E-state index in [9.17, 15) is 0 Å². The van der Waals surface area contributed by atoms with Crippen LogP contribution in [0.15, 0.2) is 85.1 Å². The lowest BCUT2D eigenvalue weighted by atomic mass is 9.89. The van der Waals surface area contributed by atoms with E-state index in [-0.39, 0.29) is 0 Å². The van der Waals surface area contributed by atoms with Crippen LogP contribution >= 0.6 is 0 Å². The number of alkyl halides is 1. The Morgan fingerprint density at radius 3 is 2.45 bits per heavy atom. The van der Waals surface area contributed by atoms with Crippen molar-refractivity contribution in [3.8, 4) is 12.3 Å². The molecule has 0 spiro atoms. The summed E-state index contributed by atoms with van der Waals surface area (Å²) < 4.78 is 15.3. The van der Waals surface area contributed by atoms with Crippen LogP contribution in [0.5, 0.6) is 0 Å². The van der Waals surface area contributed by atoms with Crippen LogP contribution in [0.25, 0.3) is 5.57 Å². The number of rotatable bonds is 3. The minimum Gasteiger partial charge on any atom is -0.345 e. The normalized spacial score (nSPS) is 14.1. The number of aryl methyl sites for hydroxylation is 1. The molecule has 4 rings (SSSR count). The van der Waals surface area contributed by atoms with Crippen molar-refractivity contribution in [2.24, 2.45) is 0 Å². The number of allylic oxidation sites excluding steroid dienone is 1.